The Bertz CT molecular complexity index is 408. The maximum atomic E-state index is 10.9. The summed E-state index contributed by atoms with van der Waals surface area (Å²) in [7, 11) is 0. The number of hydrogen-bond donors (Lipinski definition) is 1. The quantitative estimate of drug-likeness (QED) is 0.889. The van der Waals surface area contributed by atoms with Crippen LogP contribution >= 0.6 is 0 Å². The fourth-order valence-corrected chi connectivity index (χ4v) is 2.62. The van der Waals surface area contributed by atoms with E-state index in [1.165, 1.54) is 0 Å². The second-order valence-corrected chi connectivity index (χ2v) is 5.11. The Balaban J connectivity index is 2.16. The third-order valence-corrected chi connectivity index (χ3v) is 3.61. The minimum Gasteiger partial charge on any atom is -0.492 e. The van der Waals surface area contributed by atoms with E-state index in [4.69, 9.17) is 9.47 Å². The standard InChI is InChI=1S/C15H23NO3/c1-3-5-13-9-15(17,6-7-19-13)12-8-14(18-4-2)11-16-10-12/h8,10-11,13,17H,3-7,9H2,1-2H3. The first-order valence-corrected chi connectivity index (χ1v) is 7.10. The van der Waals surface area contributed by atoms with Crippen LogP contribution in [0.15, 0.2) is 18.5 Å². The molecule has 1 saturated heterocycles. The molecule has 0 saturated carbocycles. The lowest BCUT2D eigenvalue weighted by atomic mass is 9.83. The molecule has 106 valence electrons. The molecule has 4 heteroatoms. The molecule has 1 aliphatic heterocycles. The molecule has 1 fully saturated rings. The summed E-state index contributed by atoms with van der Waals surface area (Å²) in [6, 6.07) is 1.89. The summed E-state index contributed by atoms with van der Waals surface area (Å²) in [6.45, 7) is 5.27. The molecule has 19 heavy (non-hydrogen) atoms. The monoisotopic (exact) mass is 265 g/mol. The van der Waals surface area contributed by atoms with Crippen molar-refractivity contribution >= 4 is 0 Å². The molecule has 2 atom stereocenters. The van der Waals surface area contributed by atoms with Crippen LogP contribution in [0.4, 0.5) is 0 Å². The number of ether oxygens (including phenoxy) is 2. The van der Waals surface area contributed by atoms with Gasteiger partial charge in [-0.3, -0.25) is 4.98 Å². The van der Waals surface area contributed by atoms with Gasteiger partial charge in [0.25, 0.3) is 0 Å². The molecule has 1 aromatic heterocycles. The van der Waals surface area contributed by atoms with Crippen LogP contribution in [0.3, 0.4) is 0 Å². The van der Waals surface area contributed by atoms with Gasteiger partial charge in [0.05, 0.1) is 31.1 Å². The van der Waals surface area contributed by atoms with E-state index in [-0.39, 0.29) is 6.10 Å². The minimum absolute atomic E-state index is 0.138. The molecule has 2 unspecified atom stereocenters. The summed E-state index contributed by atoms with van der Waals surface area (Å²) < 4.78 is 11.2. The van der Waals surface area contributed by atoms with Gasteiger partial charge in [-0.15, -0.1) is 0 Å². The predicted octanol–water partition coefficient (Wildman–Crippen LogP) is 2.65. The van der Waals surface area contributed by atoms with Crippen LogP contribution < -0.4 is 4.74 Å². The molecule has 0 aromatic carbocycles. The Morgan fingerprint density at radius 3 is 3.05 bits per heavy atom. The van der Waals surface area contributed by atoms with Crippen molar-refractivity contribution in [1.29, 1.82) is 0 Å². The summed E-state index contributed by atoms with van der Waals surface area (Å²) in [5, 5.41) is 10.9. The van der Waals surface area contributed by atoms with Crippen LogP contribution in [0.2, 0.25) is 0 Å². The van der Waals surface area contributed by atoms with Gasteiger partial charge >= 0.3 is 0 Å². The zero-order valence-corrected chi connectivity index (χ0v) is 11.8. The zero-order chi connectivity index (χ0) is 13.7. The summed E-state index contributed by atoms with van der Waals surface area (Å²) in [5.41, 5.74) is 0.000854. The molecule has 0 radical (unpaired) electrons. The highest BCUT2D eigenvalue weighted by Crippen LogP contribution is 2.36. The second-order valence-electron chi connectivity index (χ2n) is 5.11. The Hall–Kier alpha value is -1.13. The Labute approximate surface area is 114 Å². The fourth-order valence-electron chi connectivity index (χ4n) is 2.62. The number of nitrogens with zero attached hydrogens (tertiary/aromatic N) is 1. The molecule has 1 aromatic rings. The fraction of sp³-hybridized carbons (Fsp3) is 0.667. The first kappa shape index (κ1) is 14.3. The Morgan fingerprint density at radius 1 is 1.47 bits per heavy atom. The number of aliphatic hydroxyl groups is 1. The summed E-state index contributed by atoms with van der Waals surface area (Å²) in [4.78, 5) is 4.17. The normalized spacial score (nSPS) is 27.2. The molecular weight excluding hydrogens is 242 g/mol. The first-order valence-electron chi connectivity index (χ1n) is 7.10. The lowest BCUT2D eigenvalue weighted by Crippen LogP contribution is -2.38. The van der Waals surface area contributed by atoms with E-state index >= 15 is 0 Å². The van der Waals surface area contributed by atoms with E-state index in [1.54, 1.807) is 12.4 Å². The molecule has 0 bridgehead atoms. The number of hydrogen-bond acceptors (Lipinski definition) is 4. The van der Waals surface area contributed by atoms with Gasteiger partial charge in [0.15, 0.2) is 0 Å². The van der Waals surface area contributed by atoms with Crippen molar-refractivity contribution in [3.8, 4) is 5.75 Å². The van der Waals surface area contributed by atoms with Crippen LogP contribution in [0.25, 0.3) is 0 Å². The highest BCUT2D eigenvalue weighted by molar-refractivity contribution is 5.28. The van der Waals surface area contributed by atoms with Gasteiger partial charge < -0.3 is 14.6 Å². The number of aromatic nitrogens is 1. The summed E-state index contributed by atoms with van der Waals surface area (Å²) in [6.07, 6.45) is 6.86. The third kappa shape index (κ3) is 3.45. The Kier molecular flexibility index (Phi) is 4.77. The molecule has 4 nitrogen and oxygen atoms in total. The van der Waals surface area contributed by atoms with Crippen molar-refractivity contribution in [1.82, 2.24) is 4.98 Å². The number of pyridine rings is 1. The van der Waals surface area contributed by atoms with E-state index in [9.17, 15) is 5.11 Å². The zero-order valence-electron chi connectivity index (χ0n) is 11.8. The summed E-state index contributed by atoms with van der Waals surface area (Å²) >= 11 is 0. The van der Waals surface area contributed by atoms with Gasteiger partial charge in [-0.1, -0.05) is 13.3 Å². The van der Waals surface area contributed by atoms with Crippen LogP contribution in [0, 0.1) is 0 Å². The minimum atomic E-state index is -0.835. The lowest BCUT2D eigenvalue weighted by Gasteiger charge is -2.37. The van der Waals surface area contributed by atoms with E-state index in [1.807, 2.05) is 13.0 Å². The van der Waals surface area contributed by atoms with Crippen molar-refractivity contribution < 1.29 is 14.6 Å². The van der Waals surface area contributed by atoms with Crippen molar-refractivity contribution in [2.75, 3.05) is 13.2 Å². The molecule has 0 aliphatic carbocycles. The molecule has 1 N–H and O–H groups in total. The molecule has 0 spiro atoms. The van der Waals surface area contributed by atoms with Crippen LogP contribution in [-0.2, 0) is 10.3 Å². The number of rotatable bonds is 5. The molecular formula is C15H23NO3. The Morgan fingerprint density at radius 2 is 2.32 bits per heavy atom. The predicted molar refractivity (Wildman–Crippen MR) is 73.2 cm³/mol. The van der Waals surface area contributed by atoms with E-state index in [0.717, 1.165) is 18.4 Å². The highest BCUT2D eigenvalue weighted by Gasteiger charge is 2.36. The third-order valence-electron chi connectivity index (χ3n) is 3.61. The largest absolute Gasteiger partial charge is 0.492 e. The highest BCUT2D eigenvalue weighted by atomic mass is 16.5. The summed E-state index contributed by atoms with van der Waals surface area (Å²) in [5.74, 6) is 0.715. The molecule has 2 heterocycles. The van der Waals surface area contributed by atoms with Crippen molar-refractivity contribution in [2.45, 2.75) is 51.2 Å². The van der Waals surface area contributed by atoms with Gasteiger partial charge in [-0.2, -0.15) is 0 Å². The van der Waals surface area contributed by atoms with Crippen LogP contribution in [-0.4, -0.2) is 29.4 Å². The molecule has 1 aliphatic rings. The second kappa shape index (κ2) is 6.35. The van der Waals surface area contributed by atoms with Gasteiger partial charge in [-0.25, -0.2) is 0 Å². The van der Waals surface area contributed by atoms with E-state index < -0.39 is 5.60 Å². The maximum absolute atomic E-state index is 10.9. The van der Waals surface area contributed by atoms with E-state index in [2.05, 4.69) is 11.9 Å². The first-order chi connectivity index (χ1) is 9.18. The van der Waals surface area contributed by atoms with Crippen LogP contribution in [0.1, 0.15) is 45.1 Å². The average Bonchev–Trinajstić information content (AvgIpc) is 2.40. The lowest BCUT2D eigenvalue weighted by molar-refractivity contribution is -0.110. The van der Waals surface area contributed by atoms with Gasteiger partial charge in [0.1, 0.15) is 5.75 Å². The van der Waals surface area contributed by atoms with Crippen molar-refractivity contribution in [3.63, 3.8) is 0 Å². The van der Waals surface area contributed by atoms with Gasteiger partial charge in [-0.05, 0) is 19.4 Å². The van der Waals surface area contributed by atoms with Crippen molar-refractivity contribution in [2.24, 2.45) is 0 Å². The van der Waals surface area contributed by atoms with Crippen LogP contribution in [0.5, 0.6) is 5.75 Å². The molecule has 2 rings (SSSR count). The average molecular weight is 265 g/mol. The topological polar surface area (TPSA) is 51.6 Å². The van der Waals surface area contributed by atoms with E-state index in [0.29, 0.717) is 31.8 Å². The maximum Gasteiger partial charge on any atom is 0.137 e. The SMILES string of the molecule is CCCC1CC(O)(c2cncc(OCC)c2)CCO1. The van der Waals surface area contributed by atoms with Crippen molar-refractivity contribution in [3.05, 3.63) is 24.0 Å². The molecule has 0 amide bonds. The van der Waals surface area contributed by atoms with Gasteiger partial charge in [0, 0.05) is 24.6 Å². The smallest absolute Gasteiger partial charge is 0.137 e. The van der Waals surface area contributed by atoms with Gasteiger partial charge in [0.2, 0.25) is 0 Å².